The second kappa shape index (κ2) is 15.0. The van der Waals surface area contributed by atoms with Crippen molar-refractivity contribution in [1.82, 2.24) is 5.32 Å². The van der Waals surface area contributed by atoms with E-state index in [2.05, 4.69) is 10.6 Å². The van der Waals surface area contributed by atoms with Crippen molar-refractivity contribution in [2.45, 2.75) is 45.8 Å². The van der Waals surface area contributed by atoms with Gasteiger partial charge in [0.15, 0.2) is 0 Å². The summed E-state index contributed by atoms with van der Waals surface area (Å²) in [5.74, 6) is -2.22. The fourth-order valence-corrected chi connectivity index (χ4v) is 5.13. The number of hydrogen-bond acceptors (Lipinski definition) is 9. The lowest BCUT2D eigenvalue weighted by Gasteiger charge is -2.30. The number of nitro groups is 1. The van der Waals surface area contributed by atoms with Crippen LogP contribution in [0.25, 0.3) is 0 Å². The Morgan fingerprint density at radius 2 is 1.64 bits per heavy atom. The van der Waals surface area contributed by atoms with Crippen LogP contribution in [0.15, 0.2) is 101 Å². The quantitative estimate of drug-likeness (QED) is 0.100. The second-order valence-electron chi connectivity index (χ2n) is 10.5. The van der Waals surface area contributed by atoms with E-state index in [1.807, 2.05) is 54.6 Å². The van der Waals surface area contributed by atoms with Gasteiger partial charge in [-0.3, -0.25) is 10.1 Å². The van der Waals surface area contributed by atoms with Crippen molar-refractivity contribution < 1.29 is 28.7 Å². The summed E-state index contributed by atoms with van der Waals surface area (Å²) in [6.45, 7) is 7.13. The molecule has 10 heteroatoms. The number of allylic oxidation sites excluding steroid dienone is 2. The lowest BCUT2D eigenvalue weighted by molar-refractivity contribution is -0.384. The molecule has 2 unspecified atom stereocenters. The third-order valence-electron chi connectivity index (χ3n) is 7.37. The highest BCUT2D eigenvalue weighted by molar-refractivity contribution is 6.00. The lowest BCUT2D eigenvalue weighted by Crippen LogP contribution is -2.32. The van der Waals surface area contributed by atoms with Crippen molar-refractivity contribution in [3.63, 3.8) is 0 Å². The molecule has 4 rings (SSSR count). The van der Waals surface area contributed by atoms with Crippen LogP contribution in [-0.4, -0.2) is 37.1 Å². The number of non-ortho nitro benzene ring substituents is 1. The molecule has 0 saturated heterocycles. The summed E-state index contributed by atoms with van der Waals surface area (Å²) >= 11 is 0. The number of carbonyl (C=O) groups is 2. The summed E-state index contributed by atoms with van der Waals surface area (Å²) in [6, 6.07) is 23.5. The van der Waals surface area contributed by atoms with E-state index in [9.17, 15) is 19.7 Å². The fourth-order valence-electron chi connectivity index (χ4n) is 5.13. The second-order valence-corrected chi connectivity index (χ2v) is 10.5. The summed E-state index contributed by atoms with van der Waals surface area (Å²) in [5.41, 5.74) is 4.43. The molecule has 1 heterocycles. The maximum Gasteiger partial charge on any atom is 0.337 e. The molecule has 0 aromatic heterocycles. The molecule has 10 nitrogen and oxygen atoms in total. The first-order valence-electron chi connectivity index (χ1n) is 14.4. The minimum atomic E-state index is -0.924. The Morgan fingerprint density at radius 3 is 2.30 bits per heavy atom. The highest BCUT2D eigenvalue weighted by Gasteiger charge is 2.38. The molecule has 1 aliphatic rings. The molecule has 2 atom stereocenters. The zero-order valence-corrected chi connectivity index (χ0v) is 25.3. The number of nitrogens with one attached hydrogen (secondary N) is 2. The molecule has 0 fully saturated rings. The third-order valence-corrected chi connectivity index (χ3v) is 7.37. The summed E-state index contributed by atoms with van der Waals surface area (Å²) < 4.78 is 16.6. The molecular weight excluding hydrogens is 562 g/mol. The molecule has 0 amide bonds. The summed E-state index contributed by atoms with van der Waals surface area (Å²) in [6.07, 6.45) is 0.237. The Morgan fingerprint density at radius 1 is 0.955 bits per heavy atom. The van der Waals surface area contributed by atoms with E-state index < -0.39 is 28.9 Å². The Labute approximate surface area is 256 Å². The molecule has 1 aliphatic heterocycles. The van der Waals surface area contributed by atoms with E-state index in [4.69, 9.17) is 14.2 Å². The summed E-state index contributed by atoms with van der Waals surface area (Å²) in [7, 11) is 1.25. The van der Waals surface area contributed by atoms with Gasteiger partial charge < -0.3 is 24.8 Å². The average Bonchev–Trinajstić information content (AvgIpc) is 3.02. The van der Waals surface area contributed by atoms with Crippen LogP contribution in [-0.2, 0) is 30.4 Å². The van der Waals surface area contributed by atoms with Gasteiger partial charge in [0.25, 0.3) is 5.69 Å². The molecule has 44 heavy (non-hydrogen) atoms. The van der Waals surface area contributed by atoms with Gasteiger partial charge in [-0.2, -0.15) is 0 Å². The zero-order valence-electron chi connectivity index (χ0n) is 25.3. The molecule has 3 aromatic rings. The van der Waals surface area contributed by atoms with Gasteiger partial charge in [-0.15, -0.1) is 0 Å². The van der Waals surface area contributed by atoms with Crippen LogP contribution in [0.4, 0.5) is 11.4 Å². The predicted molar refractivity (Wildman–Crippen MR) is 167 cm³/mol. The number of benzene rings is 3. The number of dihydropyridines is 1. The third kappa shape index (κ3) is 7.90. The van der Waals surface area contributed by atoms with Crippen LogP contribution < -0.4 is 10.6 Å². The van der Waals surface area contributed by atoms with Crippen LogP contribution in [0.3, 0.4) is 0 Å². The molecule has 2 N–H and O–H groups in total. The van der Waals surface area contributed by atoms with E-state index in [0.29, 0.717) is 30.2 Å². The van der Waals surface area contributed by atoms with Gasteiger partial charge in [-0.1, -0.05) is 54.6 Å². The van der Waals surface area contributed by atoms with Crippen molar-refractivity contribution in [2.24, 2.45) is 0 Å². The predicted octanol–water partition coefficient (Wildman–Crippen LogP) is 6.33. The van der Waals surface area contributed by atoms with Crippen molar-refractivity contribution in [3.8, 4) is 0 Å². The Balaban J connectivity index is 1.41. The Kier molecular flexibility index (Phi) is 10.9. The standard InChI is InChI=1S/C34H37N3O7/c1-22-30(33(38)42-4)32(27-12-8-13-29(20-27)37(40)41)31(23(2)36-22)34(39)44-24(3)26-14-16-28(17-15-26)35-18-9-19-43-21-25-10-6-5-7-11-25/h5-8,10-17,20,24,32,35-36H,9,18-19,21H2,1-4H3. The minimum absolute atomic E-state index is 0.157. The maximum absolute atomic E-state index is 13.7. The summed E-state index contributed by atoms with van der Waals surface area (Å²) in [4.78, 5) is 37.5. The van der Waals surface area contributed by atoms with Crippen molar-refractivity contribution in [2.75, 3.05) is 25.6 Å². The number of nitro benzene ring substituents is 1. The molecule has 230 valence electrons. The largest absolute Gasteiger partial charge is 0.466 e. The van der Waals surface area contributed by atoms with Gasteiger partial charge in [0.05, 0.1) is 35.7 Å². The highest BCUT2D eigenvalue weighted by atomic mass is 16.6. The molecule has 0 radical (unpaired) electrons. The number of hydrogen-bond donors (Lipinski definition) is 2. The first kappa shape index (κ1) is 32.0. The number of carbonyl (C=O) groups excluding carboxylic acids is 2. The van der Waals surface area contributed by atoms with Gasteiger partial charge >= 0.3 is 11.9 Å². The topological polar surface area (TPSA) is 129 Å². The highest BCUT2D eigenvalue weighted by Crippen LogP contribution is 2.40. The number of rotatable bonds is 13. The van der Waals surface area contributed by atoms with E-state index in [1.165, 1.54) is 25.3 Å². The van der Waals surface area contributed by atoms with Crippen LogP contribution in [0.5, 0.6) is 0 Å². The molecule has 0 saturated carbocycles. The molecule has 3 aromatic carbocycles. The van der Waals surface area contributed by atoms with Gasteiger partial charge in [-0.05, 0) is 56.0 Å². The monoisotopic (exact) mass is 599 g/mol. The number of anilines is 1. The van der Waals surface area contributed by atoms with E-state index in [0.717, 1.165) is 29.8 Å². The zero-order chi connectivity index (χ0) is 31.6. The first-order chi connectivity index (χ1) is 21.2. The molecule has 0 spiro atoms. The number of esters is 2. The molecular formula is C34H37N3O7. The average molecular weight is 600 g/mol. The van der Waals surface area contributed by atoms with Crippen LogP contribution in [0.1, 0.15) is 55.9 Å². The van der Waals surface area contributed by atoms with Gasteiger partial charge in [0.2, 0.25) is 0 Å². The first-order valence-corrected chi connectivity index (χ1v) is 14.4. The molecule has 0 aliphatic carbocycles. The van der Waals surface area contributed by atoms with Crippen LogP contribution in [0.2, 0.25) is 0 Å². The fraction of sp³-hybridized carbons (Fsp3) is 0.294. The maximum atomic E-state index is 13.7. The minimum Gasteiger partial charge on any atom is -0.466 e. The smallest absolute Gasteiger partial charge is 0.337 e. The lowest BCUT2D eigenvalue weighted by atomic mass is 9.80. The number of ether oxygens (including phenoxy) is 3. The van der Waals surface area contributed by atoms with Crippen molar-refractivity contribution in [3.05, 3.63) is 128 Å². The van der Waals surface area contributed by atoms with E-state index in [1.54, 1.807) is 26.8 Å². The summed E-state index contributed by atoms with van der Waals surface area (Å²) in [5, 5.41) is 18.0. The normalized spacial score (nSPS) is 15.3. The van der Waals surface area contributed by atoms with Crippen molar-refractivity contribution in [1.29, 1.82) is 0 Å². The van der Waals surface area contributed by atoms with E-state index >= 15 is 0 Å². The number of nitrogens with zero attached hydrogens (tertiary/aromatic N) is 1. The van der Waals surface area contributed by atoms with Crippen LogP contribution in [0, 0.1) is 10.1 Å². The van der Waals surface area contributed by atoms with Crippen molar-refractivity contribution >= 4 is 23.3 Å². The van der Waals surface area contributed by atoms with Crippen LogP contribution >= 0.6 is 0 Å². The number of methoxy groups -OCH3 is 1. The van der Waals surface area contributed by atoms with Gasteiger partial charge in [0, 0.05) is 42.4 Å². The SMILES string of the molecule is COC(=O)C1=C(C)NC(C)=C(C(=O)OC(C)c2ccc(NCCCOCc3ccccc3)cc2)C1c1cccc([N+](=O)[O-])c1. The van der Waals surface area contributed by atoms with Gasteiger partial charge in [0.1, 0.15) is 6.10 Å². The van der Waals surface area contributed by atoms with Gasteiger partial charge in [-0.25, -0.2) is 9.59 Å². The molecule has 0 bridgehead atoms. The van der Waals surface area contributed by atoms with E-state index in [-0.39, 0.29) is 16.8 Å². The Bertz CT molecular complexity index is 1550. The Hall–Kier alpha value is -4.96.